The van der Waals surface area contributed by atoms with Crippen molar-refractivity contribution in [1.29, 1.82) is 0 Å². The molecule has 7 nitrogen and oxygen atoms in total. The van der Waals surface area contributed by atoms with Crippen LogP contribution in [0.2, 0.25) is 0 Å². The van der Waals surface area contributed by atoms with Crippen molar-refractivity contribution in [2.24, 2.45) is 0 Å². The minimum absolute atomic E-state index is 0.0639. The number of hydrogen-bond donors (Lipinski definition) is 3. The van der Waals surface area contributed by atoms with Crippen LogP contribution in [-0.2, 0) is 9.59 Å². The van der Waals surface area contributed by atoms with Crippen LogP contribution in [0.15, 0.2) is 35.9 Å². The fourth-order valence-electron chi connectivity index (χ4n) is 6.67. The number of aliphatic hydroxyl groups excluding tert-OH is 2. The highest BCUT2D eigenvalue weighted by Gasteiger charge is 2.51. The summed E-state index contributed by atoms with van der Waals surface area (Å²) >= 11 is 0. The Bertz CT molecular complexity index is 973. The Hall–Kier alpha value is -2.38. The van der Waals surface area contributed by atoms with Crippen molar-refractivity contribution in [3.05, 3.63) is 41.5 Å². The van der Waals surface area contributed by atoms with Gasteiger partial charge < -0.3 is 25.2 Å². The van der Waals surface area contributed by atoms with Gasteiger partial charge in [0.2, 0.25) is 11.8 Å². The third kappa shape index (κ3) is 7.23. The number of benzene rings is 1. The first-order valence-corrected chi connectivity index (χ1v) is 15.4. The van der Waals surface area contributed by atoms with Crippen molar-refractivity contribution in [2.75, 3.05) is 13.2 Å². The largest absolute Gasteiger partial charge is 0.486 e. The van der Waals surface area contributed by atoms with Crippen molar-refractivity contribution < 1.29 is 24.5 Å². The van der Waals surface area contributed by atoms with E-state index in [4.69, 9.17) is 4.74 Å². The molecule has 4 rings (SSSR count). The van der Waals surface area contributed by atoms with Crippen molar-refractivity contribution in [3.63, 3.8) is 0 Å². The van der Waals surface area contributed by atoms with Crippen molar-refractivity contribution >= 4 is 11.8 Å². The van der Waals surface area contributed by atoms with Gasteiger partial charge in [0.05, 0.1) is 18.6 Å². The van der Waals surface area contributed by atoms with Crippen LogP contribution in [-0.4, -0.2) is 64.4 Å². The zero-order valence-corrected chi connectivity index (χ0v) is 23.7. The number of nitrogens with one attached hydrogen (secondary N) is 1. The van der Waals surface area contributed by atoms with Gasteiger partial charge in [-0.1, -0.05) is 89.3 Å². The molecule has 0 saturated heterocycles. The highest BCUT2D eigenvalue weighted by atomic mass is 16.5. The van der Waals surface area contributed by atoms with Crippen LogP contribution in [0.1, 0.15) is 108 Å². The van der Waals surface area contributed by atoms with Crippen molar-refractivity contribution in [3.8, 4) is 5.75 Å². The summed E-state index contributed by atoms with van der Waals surface area (Å²) < 4.78 is 6.23. The van der Waals surface area contributed by atoms with Gasteiger partial charge in [0.15, 0.2) is 0 Å². The number of unbranched alkanes of at least 4 members (excludes halogenated alkanes) is 8. The van der Waals surface area contributed by atoms with Gasteiger partial charge in [0, 0.05) is 30.1 Å². The molecule has 4 atom stereocenters. The number of amides is 2. The second kappa shape index (κ2) is 14.8. The maximum absolute atomic E-state index is 13.8. The SMILES string of the molecule is CCCCCCCCCCCC(=O)N(C1CCCC1)[C@@H]1C=C(C(=O)NCCO)[C@@H]2c3ccccc3O[C@@H]2[C@H]1O. The minimum Gasteiger partial charge on any atom is -0.486 e. The number of ether oxygens (including phenoxy) is 1. The Morgan fingerprint density at radius 2 is 1.67 bits per heavy atom. The summed E-state index contributed by atoms with van der Waals surface area (Å²) in [5.74, 6) is 0.0359. The first-order chi connectivity index (χ1) is 19.1. The molecule has 2 amide bonds. The normalized spacial score (nSPS) is 24.0. The second-order valence-corrected chi connectivity index (χ2v) is 11.5. The van der Waals surface area contributed by atoms with E-state index in [1.165, 1.54) is 38.5 Å². The molecule has 1 aromatic carbocycles. The molecule has 216 valence electrons. The Morgan fingerprint density at radius 1 is 1.00 bits per heavy atom. The number of rotatable bonds is 15. The minimum atomic E-state index is -0.940. The molecule has 0 aromatic heterocycles. The van der Waals surface area contributed by atoms with Crippen molar-refractivity contribution in [2.45, 2.75) is 127 Å². The number of hydrogen-bond acceptors (Lipinski definition) is 5. The summed E-state index contributed by atoms with van der Waals surface area (Å²) in [5.41, 5.74) is 1.38. The van der Waals surface area contributed by atoms with Crippen LogP contribution >= 0.6 is 0 Å². The Kier molecular flexibility index (Phi) is 11.3. The van der Waals surface area contributed by atoms with E-state index in [1.807, 2.05) is 35.2 Å². The fourth-order valence-corrected chi connectivity index (χ4v) is 6.67. The molecular formula is C32H48N2O5. The molecule has 1 fully saturated rings. The van der Waals surface area contributed by atoms with Crippen LogP contribution in [0, 0.1) is 0 Å². The molecule has 1 saturated carbocycles. The average Bonchev–Trinajstić information content (AvgIpc) is 3.61. The predicted octanol–water partition coefficient (Wildman–Crippen LogP) is 5.00. The van der Waals surface area contributed by atoms with Gasteiger partial charge in [0.25, 0.3) is 0 Å². The molecule has 3 N–H and O–H groups in total. The van der Waals surface area contributed by atoms with Gasteiger partial charge >= 0.3 is 0 Å². The lowest BCUT2D eigenvalue weighted by Gasteiger charge is -2.43. The molecule has 0 radical (unpaired) electrons. The third-order valence-electron chi connectivity index (χ3n) is 8.70. The summed E-state index contributed by atoms with van der Waals surface area (Å²) in [6.07, 6.45) is 15.4. The topological polar surface area (TPSA) is 99.1 Å². The lowest BCUT2D eigenvalue weighted by atomic mass is 9.77. The molecule has 1 aliphatic heterocycles. The van der Waals surface area contributed by atoms with E-state index in [-0.39, 0.29) is 31.0 Å². The predicted molar refractivity (Wildman–Crippen MR) is 153 cm³/mol. The van der Waals surface area contributed by atoms with Gasteiger partial charge in [-0.15, -0.1) is 0 Å². The number of carbonyl (C=O) groups is 2. The summed E-state index contributed by atoms with van der Waals surface area (Å²) in [5, 5.41) is 23.7. The van der Waals surface area contributed by atoms with E-state index in [9.17, 15) is 19.8 Å². The summed E-state index contributed by atoms with van der Waals surface area (Å²) in [6.45, 7) is 2.23. The van der Waals surface area contributed by atoms with Crippen LogP contribution in [0.4, 0.5) is 0 Å². The maximum Gasteiger partial charge on any atom is 0.247 e. The van der Waals surface area contributed by atoms with Crippen LogP contribution in [0.25, 0.3) is 0 Å². The molecular weight excluding hydrogens is 492 g/mol. The molecule has 7 heteroatoms. The monoisotopic (exact) mass is 540 g/mol. The number of aliphatic hydroxyl groups is 2. The van der Waals surface area contributed by atoms with E-state index < -0.39 is 24.2 Å². The molecule has 0 unspecified atom stereocenters. The molecule has 0 bridgehead atoms. The number of fused-ring (bicyclic) bond motifs is 3. The molecule has 1 aromatic rings. The standard InChI is InChI=1S/C32H48N2O5/c1-2-3-4-5-6-7-8-9-10-19-28(36)34(23-15-11-12-16-23)26-22-25(32(38)33-20-21-35)29-24-17-13-14-18-27(24)39-31(29)30(26)37/h13-14,17-18,22-23,26,29-31,35,37H,2-12,15-16,19-21H2,1H3,(H,33,38)/t26-,29+,30+,31+/m1/s1. The van der Waals surface area contributed by atoms with E-state index in [0.29, 0.717) is 17.7 Å². The van der Waals surface area contributed by atoms with Gasteiger partial charge in [-0.05, 0) is 31.4 Å². The van der Waals surface area contributed by atoms with Crippen LogP contribution in [0.3, 0.4) is 0 Å². The molecule has 2 aliphatic carbocycles. The van der Waals surface area contributed by atoms with Gasteiger partial charge in [-0.2, -0.15) is 0 Å². The Labute approximate surface area is 234 Å². The highest BCUT2D eigenvalue weighted by Crippen LogP contribution is 2.47. The molecule has 3 aliphatic rings. The van der Waals surface area contributed by atoms with Gasteiger partial charge in [-0.3, -0.25) is 9.59 Å². The second-order valence-electron chi connectivity index (χ2n) is 11.5. The van der Waals surface area contributed by atoms with Gasteiger partial charge in [-0.25, -0.2) is 0 Å². The Balaban J connectivity index is 1.48. The molecule has 0 spiro atoms. The number of para-hydroxylation sites is 1. The molecule has 39 heavy (non-hydrogen) atoms. The smallest absolute Gasteiger partial charge is 0.247 e. The first kappa shape index (κ1) is 29.6. The lowest BCUT2D eigenvalue weighted by Crippen LogP contribution is -2.58. The highest BCUT2D eigenvalue weighted by molar-refractivity contribution is 5.96. The zero-order valence-electron chi connectivity index (χ0n) is 23.7. The van der Waals surface area contributed by atoms with Crippen LogP contribution < -0.4 is 10.1 Å². The number of carbonyl (C=O) groups excluding carboxylic acids is 2. The third-order valence-corrected chi connectivity index (χ3v) is 8.70. The lowest BCUT2D eigenvalue weighted by molar-refractivity contribution is -0.140. The number of nitrogens with zero attached hydrogens (tertiary/aromatic N) is 1. The quantitative estimate of drug-likeness (QED) is 0.272. The summed E-state index contributed by atoms with van der Waals surface area (Å²) in [7, 11) is 0. The molecule has 1 heterocycles. The van der Waals surface area contributed by atoms with E-state index in [1.54, 1.807) is 0 Å². The zero-order chi connectivity index (χ0) is 27.6. The maximum atomic E-state index is 13.8. The van der Waals surface area contributed by atoms with Gasteiger partial charge in [0.1, 0.15) is 18.0 Å². The Morgan fingerprint density at radius 3 is 2.36 bits per heavy atom. The van der Waals surface area contributed by atoms with E-state index in [2.05, 4.69) is 12.2 Å². The summed E-state index contributed by atoms with van der Waals surface area (Å²) in [6, 6.07) is 7.03. The average molecular weight is 541 g/mol. The van der Waals surface area contributed by atoms with Crippen molar-refractivity contribution in [1.82, 2.24) is 10.2 Å². The van der Waals surface area contributed by atoms with E-state index in [0.717, 1.165) is 50.5 Å². The fraction of sp³-hybridized carbons (Fsp3) is 0.688. The van der Waals surface area contributed by atoms with E-state index >= 15 is 0 Å². The van der Waals surface area contributed by atoms with Crippen LogP contribution in [0.5, 0.6) is 5.75 Å². The first-order valence-electron chi connectivity index (χ1n) is 15.4. The summed E-state index contributed by atoms with van der Waals surface area (Å²) in [4.78, 5) is 28.9.